The van der Waals surface area contributed by atoms with Gasteiger partial charge in [0.2, 0.25) is 0 Å². The van der Waals surface area contributed by atoms with Crippen LogP contribution in [0.2, 0.25) is 0 Å². The summed E-state index contributed by atoms with van der Waals surface area (Å²) in [5, 5.41) is 17.6. The van der Waals surface area contributed by atoms with Crippen LogP contribution < -0.4 is 10.6 Å². The Hall–Kier alpha value is -2.94. The minimum Gasteiger partial charge on any atom is -0.383 e. The maximum atomic E-state index is 15.1. The number of carbonyl (C=O) groups is 1. The number of halogens is 5. The number of aliphatic hydroxyl groups is 1. The Bertz CT molecular complexity index is 1300. The molecule has 2 fully saturated rings. The number of nitrogens with one attached hydrogen (secondary N) is 2. The fourth-order valence-corrected chi connectivity index (χ4v) is 8.05. The third kappa shape index (κ3) is 4.74. The second kappa shape index (κ2) is 10.4. The average Bonchev–Trinajstić information content (AvgIpc) is 3.21. The number of rotatable bonds is 8. The quantitative estimate of drug-likeness (QED) is 0.234. The van der Waals surface area contributed by atoms with Crippen LogP contribution in [-0.4, -0.2) is 35.1 Å². The molecule has 1 aromatic carbocycles. The highest BCUT2D eigenvalue weighted by Crippen LogP contribution is 2.70. The molecule has 4 aliphatic rings. The summed E-state index contributed by atoms with van der Waals surface area (Å²) < 4.78 is 71.4. The van der Waals surface area contributed by atoms with Gasteiger partial charge in [-0.1, -0.05) is 49.4 Å². The summed E-state index contributed by atoms with van der Waals surface area (Å²) in [6.07, 6.45) is -0.977. The van der Waals surface area contributed by atoms with Crippen molar-refractivity contribution in [3.8, 4) is 0 Å². The van der Waals surface area contributed by atoms with Crippen LogP contribution in [-0.2, 0) is 11.3 Å². The van der Waals surface area contributed by atoms with Gasteiger partial charge >= 0.3 is 12.1 Å². The Morgan fingerprint density at radius 1 is 1.10 bits per heavy atom. The highest BCUT2D eigenvalue weighted by Gasteiger charge is 2.79. The van der Waals surface area contributed by atoms with Gasteiger partial charge in [-0.15, -0.1) is 6.58 Å². The highest BCUT2D eigenvalue weighted by molar-refractivity contribution is 5.93. The van der Waals surface area contributed by atoms with Crippen LogP contribution >= 0.6 is 0 Å². The average molecular weight is 577 g/mol. The fraction of sp³-hybridized carbons (Fsp3) is 0.531. The van der Waals surface area contributed by atoms with Crippen LogP contribution in [0.15, 0.2) is 72.1 Å². The van der Waals surface area contributed by atoms with E-state index >= 15 is 8.78 Å². The molecule has 5 atom stereocenters. The lowest BCUT2D eigenvalue weighted by atomic mass is 9.50. The van der Waals surface area contributed by atoms with E-state index < -0.39 is 41.4 Å². The molecular formula is C32H37F5N2O2. The van der Waals surface area contributed by atoms with Crippen molar-refractivity contribution in [1.82, 2.24) is 10.6 Å². The van der Waals surface area contributed by atoms with E-state index in [9.17, 15) is 23.1 Å². The van der Waals surface area contributed by atoms with Crippen molar-refractivity contribution in [2.45, 2.75) is 82.0 Å². The molecule has 4 nitrogen and oxygen atoms in total. The number of fused-ring (bicyclic) bond motifs is 4. The van der Waals surface area contributed by atoms with Gasteiger partial charge in [-0.2, -0.15) is 22.0 Å². The lowest BCUT2D eigenvalue weighted by Crippen LogP contribution is -2.65. The monoisotopic (exact) mass is 576 g/mol. The van der Waals surface area contributed by atoms with E-state index in [0.717, 1.165) is 27.8 Å². The first-order chi connectivity index (χ1) is 19.2. The number of hydrogen-bond donors (Lipinski definition) is 3. The summed E-state index contributed by atoms with van der Waals surface area (Å²) in [6.45, 7) is 10.0. The van der Waals surface area contributed by atoms with Gasteiger partial charge < -0.3 is 15.7 Å². The largest absolute Gasteiger partial charge is 0.456 e. The first kappa shape index (κ1) is 29.5. The molecule has 0 saturated heterocycles. The van der Waals surface area contributed by atoms with Crippen LogP contribution in [0.25, 0.3) is 0 Å². The molecule has 5 rings (SSSR count). The number of hydrogen-bond acceptors (Lipinski definition) is 4. The fourth-order valence-electron chi connectivity index (χ4n) is 8.05. The maximum Gasteiger partial charge on any atom is 0.456 e. The van der Waals surface area contributed by atoms with Crippen molar-refractivity contribution < 1.29 is 31.9 Å². The Kier molecular flexibility index (Phi) is 7.50. The number of carbonyl (C=O) groups excluding carboxylic acids is 1. The predicted octanol–water partition coefficient (Wildman–Crippen LogP) is 6.85. The summed E-state index contributed by atoms with van der Waals surface area (Å²) in [5.41, 5.74) is -0.0393. The van der Waals surface area contributed by atoms with Gasteiger partial charge in [0.15, 0.2) is 5.78 Å². The van der Waals surface area contributed by atoms with Crippen molar-refractivity contribution >= 4 is 5.78 Å². The van der Waals surface area contributed by atoms with E-state index in [2.05, 4.69) is 23.8 Å². The van der Waals surface area contributed by atoms with Crippen LogP contribution in [0.5, 0.6) is 0 Å². The second-order valence-corrected chi connectivity index (χ2v) is 12.2. The number of ketones is 1. The number of benzene rings is 1. The molecule has 0 radical (unpaired) electrons. The molecule has 4 aliphatic carbocycles. The first-order valence-electron chi connectivity index (χ1n) is 14.2. The van der Waals surface area contributed by atoms with Crippen molar-refractivity contribution in [2.75, 3.05) is 6.54 Å². The van der Waals surface area contributed by atoms with Gasteiger partial charge in [0.05, 0.1) is 5.82 Å². The molecule has 0 spiro atoms. The number of alkyl halides is 5. The minimum absolute atomic E-state index is 0.0315. The first-order valence-corrected chi connectivity index (χ1v) is 14.2. The lowest BCUT2D eigenvalue weighted by molar-refractivity contribution is -0.362. The zero-order valence-electron chi connectivity index (χ0n) is 23.2. The third-order valence-electron chi connectivity index (χ3n) is 10.1. The Balaban J connectivity index is 1.54. The molecule has 222 valence electrons. The molecule has 9 heteroatoms. The van der Waals surface area contributed by atoms with Crippen molar-refractivity contribution in [3.05, 3.63) is 83.2 Å². The molecule has 0 aliphatic heterocycles. The van der Waals surface area contributed by atoms with Gasteiger partial charge in [-0.3, -0.25) is 4.79 Å². The third-order valence-corrected chi connectivity index (χ3v) is 10.1. The molecule has 3 N–H and O–H groups in total. The summed E-state index contributed by atoms with van der Waals surface area (Å²) in [7, 11) is 0. The Morgan fingerprint density at radius 3 is 2.46 bits per heavy atom. The summed E-state index contributed by atoms with van der Waals surface area (Å²) in [5.74, 6) is -5.76. The summed E-state index contributed by atoms with van der Waals surface area (Å²) in [6, 6.07) is 7.62. The van der Waals surface area contributed by atoms with Crippen molar-refractivity contribution in [2.24, 2.45) is 17.3 Å². The molecule has 2 saturated carbocycles. The molecule has 0 aromatic heterocycles. The molecule has 0 bridgehead atoms. The van der Waals surface area contributed by atoms with Crippen LogP contribution in [0.4, 0.5) is 22.0 Å². The van der Waals surface area contributed by atoms with Gasteiger partial charge in [0.1, 0.15) is 5.60 Å². The van der Waals surface area contributed by atoms with Crippen molar-refractivity contribution in [3.63, 3.8) is 0 Å². The van der Waals surface area contributed by atoms with Gasteiger partial charge in [0, 0.05) is 30.8 Å². The van der Waals surface area contributed by atoms with Gasteiger partial charge in [-0.05, 0) is 78.7 Å². The zero-order valence-corrected chi connectivity index (χ0v) is 23.2. The van der Waals surface area contributed by atoms with Gasteiger partial charge in [-0.25, -0.2) is 0 Å². The van der Waals surface area contributed by atoms with E-state index in [0.29, 0.717) is 44.6 Å². The van der Waals surface area contributed by atoms with E-state index in [4.69, 9.17) is 0 Å². The minimum atomic E-state index is -5.86. The number of allylic oxidation sites excluding steroid dienone is 4. The van der Waals surface area contributed by atoms with Crippen LogP contribution in [0.1, 0.15) is 68.9 Å². The van der Waals surface area contributed by atoms with E-state index in [-0.39, 0.29) is 24.5 Å². The van der Waals surface area contributed by atoms with E-state index in [1.165, 1.54) is 6.92 Å². The predicted molar refractivity (Wildman–Crippen MR) is 147 cm³/mol. The SMILES string of the molecule is C=CCNC(=C)NCc1ccc([C@H]2CC3(C)C(CCC3(O)C(F)(F)C(F)(F)F)C3CCC4=CC(=O)CCC4=C32)cc1. The second-order valence-electron chi connectivity index (χ2n) is 12.2. The maximum absolute atomic E-state index is 15.1. The van der Waals surface area contributed by atoms with Crippen LogP contribution in [0, 0.1) is 17.3 Å². The van der Waals surface area contributed by atoms with Gasteiger partial charge in [0.25, 0.3) is 0 Å². The lowest BCUT2D eigenvalue weighted by Gasteiger charge is -2.56. The van der Waals surface area contributed by atoms with E-state index in [1.54, 1.807) is 12.2 Å². The molecule has 41 heavy (non-hydrogen) atoms. The summed E-state index contributed by atoms with van der Waals surface area (Å²) in [4.78, 5) is 12.2. The van der Waals surface area contributed by atoms with Crippen molar-refractivity contribution in [1.29, 1.82) is 0 Å². The zero-order chi connectivity index (χ0) is 29.8. The van der Waals surface area contributed by atoms with Crippen LogP contribution in [0.3, 0.4) is 0 Å². The molecule has 0 amide bonds. The normalized spacial score (nSPS) is 31.5. The Labute approximate surface area is 237 Å². The summed E-state index contributed by atoms with van der Waals surface area (Å²) >= 11 is 0. The highest BCUT2D eigenvalue weighted by atomic mass is 19.4. The molecule has 1 aromatic rings. The molecular weight excluding hydrogens is 539 g/mol. The standard InChI is InChI=1S/C32H37F5N2O2/c1-4-15-38-19(2)39-18-20-5-7-21(8-6-20)26-17-29(3)27(13-14-30(29,41)31(33,34)32(35,36)37)25-11-9-22-16-23(40)10-12-24(22)28(25)26/h4-8,16,25-27,38-39,41H,1-2,9-15,17-18H2,3H3/t25?,26-,27?,29?,30?/m1/s1. The molecule has 4 unspecified atom stereocenters. The topological polar surface area (TPSA) is 61.4 Å². The van der Waals surface area contributed by atoms with E-state index in [1.807, 2.05) is 24.3 Å². The smallest absolute Gasteiger partial charge is 0.383 e. The Morgan fingerprint density at radius 2 is 1.80 bits per heavy atom. The molecule has 0 heterocycles.